The number of ether oxygens (including phenoxy) is 1. The van der Waals surface area contributed by atoms with Crippen LogP contribution in [0.2, 0.25) is 0 Å². The van der Waals surface area contributed by atoms with Gasteiger partial charge in [-0.3, -0.25) is 19.5 Å². The summed E-state index contributed by atoms with van der Waals surface area (Å²) in [7, 11) is 1.54. The summed E-state index contributed by atoms with van der Waals surface area (Å²) in [6, 6.07) is -0.717. The summed E-state index contributed by atoms with van der Waals surface area (Å²) in [5.74, 6) is 4.14. The molecule has 4 unspecified atom stereocenters. The molecule has 1 aliphatic heterocycles. The lowest BCUT2D eigenvalue weighted by Crippen LogP contribution is -2.47. The summed E-state index contributed by atoms with van der Waals surface area (Å²) in [6.45, 7) is 4.54. The molecule has 9 nitrogen and oxygen atoms in total. The zero-order valence-electron chi connectivity index (χ0n) is 14.6. The lowest BCUT2D eigenvalue weighted by Gasteiger charge is -2.31. The van der Waals surface area contributed by atoms with E-state index in [9.17, 15) is 14.7 Å². The largest absolute Gasteiger partial charge is 0.480 e. The van der Waals surface area contributed by atoms with Gasteiger partial charge < -0.3 is 20.6 Å². The fourth-order valence-corrected chi connectivity index (χ4v) is 3.17. The molecule has 4 atom stereocenters. The fourth-order valence-electron chi connectivity index (χ4n) is 3.17. The highest BCUT2D eigenvalue weighted by molar-refractivity contribution is 5.74. The molecule has 9 heteroatoms. The molecule has 24 heavy (non-hydrogen) atoms. The van der Waals surface area contributed by atoms with Crippen LogP contribution >= 0.6 is 0 Å². The molecule has 0 radical (unpaired) electrons. The van der Waals surface area contributed by atoms with E-state index in [4.69, 9.17) is 10.6 Å². The van der Waals surface area contributed by atoms with Crippen LogP contribution in [0.15, 0.2) is 4.99 Å². The van der Waals surface area contributed by atoms with E-state index in [1.807, 2.05) is 11.8 Å². The molecule has 1 rings (SSSR count). The second kappa shape index (κ2) is 10.2. The van der Waals surface area contributed by atoms with Gasteiger partial charge in [0.2, 0.25) is 5.91 Å². The van der Waals surface area contributed by atoms with Gasteiger partial charge in [-0.05, 0) is 12.8 Å². The standard InChI is InChI=1S/C15H29N5O4/c1-4-5-11(14(24-3)19-10(2)21)7-20-8-12(17-9-18-16)6-13(20)15(22)23/h9,11-14H,4-8,16H2,1-3H3,(H,17,18)(H,19,21)(H,22,23). The molecule has 0 spiro atoms. The number of nitrogens with one attached hydrogen (secondary N) is 2. The maximum Gasteiger partial charge on any atom is 0.321 e. The van der Waals surface area contributed by atoms with Crippen molar-refractivity contribution in [2.45, 2.75) is 51.4 Å². The van der Waals surface area contributed by atoms with E-state index in [-0.39, 0.29) is 17.9 Å². The number of aliphatic carboxylic acids is 1. The predicted molar refractivity (Wildman–Crippen MR) is 90.2 cm³/mol. The van der Waals surface area contributed by atoms with Gasteiger partial charge in [-0.15, -0.1) is 0 Å². The Balaban J connectivity index is 2.83. The molecule has 0 aromatic carbocycles. The number of methoxy groups -OCH3 is 1. The summed E-state index contributed by atoms with van der Waals surface area (Å²) >= 11 is 0. The normalized spacial score (nSPS) is 24.0. The molecule has 0 aliphatic carbocycles. The van der Waals surface area contributed by atoms with Crippen LogP contribution in [0.3, 0.4) is 0 Å². The van der Waals surface area contributed by atoms with Crippen molar-refractivity contribution in [2.75, 3.05) is 20.2 Å². The molecule has 0 aromatic heterocycles. The molecule has 0 saturated carbocycles. The molecular formula is C15H29N5O4. The first-order valence-corrected chi connectivity index (χ1v) is 8.17. The van der Waals surface area contributed by atoms with Gasteiger partial charge in [0, 0.05) is 33.0 Å². The third-order valence-corrected chi connectivity index (χ3v) is 4.18. The Hall–Kier alpha value is -1.71. The van der Waals surface area contributed by atoms with Gasteiger partial charge in [-0.2, -0.15) is 0 Å². The maximum atomic E-state index is 11.6. The van der Waals surface area contributed by atoms with Crippen molar-refractivity contribution in [3.8, 4) is 0 Å². The van der Waals surface area contributed by atoms with E-state index >= 15 is 0 Å². The van der Waals surface area contributed by atoms with E-state index < -0.39 is 18.2 Å². The van der Waals surface area contributed by atoms with E-state index in [0.29, 0.717) is 19.5 Å². The quantitative estimate of drug-likeness (QED) is 0.139. The number of carboxylic acid groups (broad SMARTS) is 1. The van der Waals surface area contributed by atoms with Crippen molar-refractivity contribution in [1.29, 1.82) is 0 Å². The molecule has 1 heterocycles. The van der Waals surface area contributed by atoms with Gasteiger partial charge in [0.15, 0.2) is 0 Å². The van der Waals surface area contributed by atoms with Gasteiger partial charge in [0.05, 0.1) is 12.4 Å². The molecule has 5 N–H and O–H groups in total. The van der Waals surface area contributed by atoms with Crippen molar-refractivity contribution in [3.05, 3.63) is 0 Å². The minimum atomic E-state index is -0.864. The lowest BCUT2D eigenvalue weighted by atomic mass is 10.00. The zero-order valence-corrected chi connectivity index (χ0v) is 14.6. The predicted octanol–water partition coefficient (Wildman–Crippen LogP) is -0.470. The average Bonchev–Trinajstić information content (AvgIpc) is 2.93. The minimum absolute atomic E-state index is 0.00103. The third-order valence-electron chi connectivity index (χ3n) is 4.18. The highest BCUT2D eigenvalue weighted by atomic mass is 16.5. The Morgan fingerprint density at radius 2 is 2.25 bits per heavy atom. The zero-order chi connectivity index (χ0) is 18.1. The molecule has 0 bridgehead atoms. The van der Waals surface area contributed by atoms with E-state index in [2.05, 4.69) is 15.7 Å². The molecule has 1 amide bonds. The van der Waals surface area contributed by atoms with E-state index in [1.165, 1.54) is 13.3 Å². The second-order valence-corrected chi connectivity index (χ2v) is 6.05. The van der Waals surface area contributed by atoms with Crippen LogP contribution in [0.5, 0.6) is 0 Å². The first-order chi connectivity index (χ1) is 11.4. The van der Waals surface area contributed by atoms with Gasteiger partial charge in [0.25, 0.3) is 0 Å². The Morgan fingerprint density at radius 1 is 1.54 bits per heavy atom. The first-order valence-electron chi connectivity index (χ1n) is 8.17. The van der Waals surface area contributed by atoms with E-state index in [1.54, 1.807) is 7.11 Å². The summed E-state index contributed by atoms with van der Waals surface area (Å²) in [4.78, 5) is 29.0. The lowest BCUT2D eigenvalue weighted by molar-refractivity contribution is -0.143. The highest BCUT2D eigenvalue weighted by Crippen LogP contribution is 2.24. The summed E-state index contributed by atoms with van der Waals surface area (Å²) in [5, 5.41) is 12.3. The number of carbonyl (C=O) groups excluding carboxylic acids is 1. The molecule has 138 valence electrons. The third kappa shape index (κ3) is 6.06. The number of hydrogen-bond donors (Lipinski definition) is 4. The second-order valence-electron chi connectivity index (χ2n) is 6.05. The summed E-state index contributed by atoms with van der Waals surface area (Å²) in [6.07, 6.45) is 3.11. The van der Waals surface area contributed by atoms with Crippen molar-refractivity contribution in [1.82, 2.24) is 15.6 Å². The monoisotopic (exact) mass is 343 g/mol. The molecule has 0 aromatic rings. The molecule has 1 aliphatic rings. The van der Waals surface area contributed by atoms with Crippen LogP contribution in [0, 0.1) is 5.92 Å². The van der Waals surface area contributed by atoms with Gasteiger partial charge in [-0.25, -0.2) is 5.84 Å². The number of nitrogens with zero attached hydrogens (tertiary/aromatic N) is 2. The fraction of sp³-hybridized carbons (Fsp3) is 0.800. The number of carbonyl (C=O) groups is 2. The van der Waals surface area contributed by atoms with Crippen LogP contribution in [0.25, 0.3) is 0 Å². The number of hydrazine groups is 1. The molecule has 1 saturated heterocycles. The van der Waals surface area contributed by atoms with Crippen molar-refractivity contribution >= 4 is 18.2 Å². The highest BCUT2D eigenvalue weighted by Gasteiger charge is 2.38. The summed E-state index contributed by atoms with van der Waals surface area (Å²) in [5.41, 5.74) is 2.34. The first kappa shape index (κ1) is 20.3. The SMILES string of the molecule is CCCC(CN1CC(N=CNN)CC1C(=O)O)C(NC(C)=O)OC. The molecular weight excluding hydrogens is 314 g/mol. The van der Waals surface area contributed by atoms with E-state index in [0.717, 1.165) is 12.8 Å². The number of aliphatic imine (C=N–C) groups is 1. The number of nitrogens with two attached hydrogens (primary N) is 1. The Kier molecular flexibility index (Phi) is 8.66. The number of rotatable bonds is 10. The van der Waals surface area contributed by atoms with Gasteiger partial charge in [-0.1, -0.05) is 13.3 Å². The van der Waals surface area contributed by atoms with Gasteiger partial charge in [0.1, 0.15) is 12.3 Å². The van der Waals surface area contributed by atoms with Crippen LogP contribution in [-0.4, -0.2) is 66.7 Å². The smallest absolute Gasteiger partial charge is 0.321 e. The van der Waals surface area contributed by atoms with Crippen molar-refractivity contribution in [3.63, 3.8) is 0 Å². The van der Waals surface area contributed by atoms with Crippen LogP contribution < -0.4 is 16.6 Å². The Labute approximate surface area is 142 Å². The molecule has 1 fully saturated rings. The average molecular weight is 343 g/mol. The number of likely N-dealkylation sites (tertiary alicyclic amines) is 1. The van der Waals surface area contributed by atoms with Crippen molar-refractivity contribution in [2.24, 2.45) is 16.8 Å². The van der Waals surface area contributed by atoms with Gasteiger partial charge >= 0.3 is 5.97 Å². The maximum absolute atomic E-state index is 11.6. The number of amides is 1. The Morgan fingerprint density at radius 3 is 2.75 bits per heavy atom. The number of carboxylic acids is 1. The van der Waals surface area contributed by atoms with Crippen molar-refractivity contribution < 1.29 is 19.4 Å². The topological polar surface area (TPSA) is 129 Å². The van der Waals surface area contributed by atoms with Crippen LogP contribution in [0.4, 0.5) is 0 Å². The number of hydrogen-bond acceptors (Lipinski definition) is 6. The minimum Gasteiger partial charge on any atom is -0.480 e. The summed E-state index contributed by atoms with van der Waals surface area (Å²) < 4.78 is 5.41. The Bertz CT molecular complexity index is 446. The van der Waals surface area contributed by atoms with Crippen LogP contribution in [0.1, 0.15) is 33.1 Å². The van der Waals surface area contributed by atoms with Crippen LogP contribution in [-0.2, 0) is 14.3 Å².